The van der Waals surface area contributed by atoms with Crippen molar-refractivity contribution in [1.29, 1.82) is 0 Å². The Morgan fingerprint density at radius 1 is 0.727 bits per heavy atom. The molecule has 0 unspecified atom stereocenters. The van der Waals surface area contributed by atoms with E-state index in [4.69, 9.17) is 42.1 Å². The molecule has 0 bridgehead atoms. The molecule has 0 aliphatic carbocycles. The summed E-state index contributed by atoms with van der Waals surface area (Å²) in [5.41, 5.74) is 1.21. The first-order chi connectivity index (χ1) is 21.4. The number of ether oxygens (including phenoxy) is 4. The number of aromatic nitrogens is 4. The zero-order valence-corrected chi connectivity index (χ0v) is 24.2. The Morgan fingerprint density at radius 3 is 1.82 bits per heavy atom. The summed E-state index contributed by atoms with van der Waals surface area (Å²) >= 11 is 12.4. The highest BCUT2D eigenvalue weighted by Crippen LogP contribution is 2.37. The molecule has 1 saturated heterocycles. The number of halogens is 2. The lowest BCUT2D eigenvalue weighted by Crippen LogP contribution is -2.41. The molecule has 4 atom stereocenters. The topological polar surface area (TPSA) is 132 Å². The van der Waals surface area contributed by atoms with Gasteiger partial charge in [-0.2, -0.15) is 4.98 Å². The van der Waals surface area contributed by atoms with Crippen LogP contribution in [0.4, 0.5) is 0 Å². The zero-order chi connectivity index (χ0) is 30.6. The summed E-state index contributed by atoms with van der Waals surface area (Å²) in [4.78, 5) is 51.9. The lowest BCUT2D eigenvalue weighted by Gasteiger charge is -2.25. The van der Waals surface area contributed by atoms with Crippen LogP contribution in [0.1, 0.15) is 37.3 Å². The molecule has 6 rings (SSSR count). The number of hydrogen-bond donors (Lipinski definition) is 0. The number of carbonyl (C=O) groups excluding carboxylic acids is 3. The molecule has 0 N–H and O–H groups in total. The van der Waals surface area contributed by atoms with Gasteiger partial charge in [-0.25, -0.2) is 24.4 Å². The summed E-state index contributed by atoms with van der Waals surface area (Å²) in [5.74, 6) is -2.03. The first kappa shape index (κ1) is 29.2. The van der Waals surface area contributed by atoms with E-state index in [0.29, 0.717) is 5.56 Å². The Bertz CT molecular complexity index is 1810. The van der Waals surface area contributed by atoms with Crippen LogP contribution < -0.4 is 0 Å². The smallest absolute Gasteiger partial charge is 0.338 e. The number of nitrogens with zero attached hydrogens (tertiary/aromatic N) is 4. The predicted molar refractivity (Wildman–Crippen MR) is 157 cm³/mol. The van der Waals surface area contributed by atoms with Crippen molar-refractivity contribution in [3.8, 4) is 0 Å². The van der Waals surface area contributed by atoms with Gasteiger partial charge in [0.1, 0.15) is 18.2 Å². The van der Waals surface area contributed by atoms with Crippen LogP contribution in [0.3, 0.4) is 0 Å². The maximum atomic E-state index is 13.4. The van der Waals surface area contributed by atoms with Gasteiger partial charge in [0.2, 0.25) is 5.28 Å². The van der Waals surface area contributed by atoms with Gasteiger partial charge in [0.25, 0.3) is 0 Å². The quantitative estimate of drug-likeness (QED) is 0.0955. The fourth-order valence-corrected chi connectivity index (χ4v) is 5.15. The predicted octanol–water partition coefficient (Wildman–Crippen LogP) is 5.34. The van der Waals surface area contributed by atoms with Gasteiger partial charge in [-0.15, -0.1) is 0 Å². The average molecular weight is 633 g/mol. The van der Waals surface area contributed by atoms with Gasteiger partial charge in [-0.1, -0.05) is 66.2 Å². The first-order valence-electron chi connectivity index (χ1n) is 13.3. The standard InChI is InChI=1S/C31H22Cl2N4O7/c32-25-22-26(36-31(33)35-25)37(17-34-22)27-24(44-30(40)20-14-8-3-9-15-20)23(43-29(39)19-12-6-2-7-13-19)21(42-27)16-41-28(38)18-10-4-1-5-11-18/h1-15,17,21,23-24,27H,16H2/t21-,23+,24+,27-/m1/s1. The van der Waals surface area contributed by atoms with Crippen molar-refractivity contribution < 1.29 is 33.3 Å². The minimum Gasteiger partial charge on any atom is -0.459 e. The van der Waals surface area contributed by atoms with E-state index in [1.165, 1.54) is 10.9 Å². The molecule has 3 heterocycles. The van der Waals surface area contributed by atoms with Crippen LogP contribution in [-0.2, 0) is 18.9 Å². The SMILES string of the molecule is O=C(OC[C@H]1O[C@@H](n2cnc3c(Cl)nc(Cl)nc32)[C@@H](OC(=O)c2ccccc2)[C@H]1OC(=O)c1ccccc1)c1ccccc1. The van der Waals surface area contributed by atoms with E-state index in [1.54, 1.807) is 91.0 Å². The van der Waals surface area contributed by atoms with E-state index in [2.05, 4.69) is 15.0 Å². The van der Waals surface area contributed by atoms with E-state index in [1.807, 2.05) is 0 Å². The molecule has 1 fully saturated rings. The van der Waals surface area contributed by atoms with Crippen molar-refractivity contribution in [2.24, 2.45) is 0 Å². The molecule has 0 radical (unpaired) electrons. The van der Waals surface area contributed by atoms with Gasteiger partial charge in [0.05, 0.1) is 23.0 Å². The molecule has 1 aliphatic rings. The largest absolute Gasteiger partial charge is 0.459 e. The van der Waals surface area contributed by atoms with E-state index < -0.39 is 42.4 Å². The van der Waals surface area contributed by atoms with Crippen molar-refractivity contribution in [3.05, 3.63) is 124 Å². The van der Waals surface area contributed by atoms with Crippen molar-refractivity contribution in [2.45, 2.75) is 24.5 Å². The van der Waals surface area contributed by atoms with Gasteiger partial charge in [0, 0.05) is 0 Å². The van der Waals surface area contributed by atoms with Crippen LogP contribution in [-0.4, -0.2) is 62.3 Å². The monoisotopic (exact) mass is 632 g/mol. The molecule has 0 saturated carbocycles. The number of esters is 3. The molecule has 2 aromatic heterocycles. The highest BCUT2D eigenvalue weighted by Gasteiger charge is 2.52. The number of benzene rings is 3. The molecule has 3 aromatic carbocycles. The number of fused-ring (bicyclic) bond motifs is 1. The first-order valence-corrected chi connectivity index (χ1v) is 14.1. The Hall–Kier alpha value is -4.84. The normalized spacial score (nSPS) is 19.4. The Balaban J connectivity index is 1.39. The van der Waals surface area contributed by atoms with Gasteiger partial charge in [-0.3, -0.25) is 4.57 Å². The summed E-state index contributed by atoms with van der Waals surface area (Å²) in [6, 6.07) is 24.9. The number of imidazole rings is 1. The Morgan fingerprint density at radius 2 is 1.25 bits per heavy atom. The molecular formula is C31H22Cl2N4O7. The van der Waals surface area contributed by atoms with Crippen molar-refractivity contribution in [1.82, 2.24) is 19.5 Å². The molecule has 5 aromatic rings. The van der Waals surface area contributed by atoms with Crippen LogP contribution in [0, 0.1) is 0 Å². The fourth-order valence-electron chi connectivity index (χ4n) is 4.72. The lowest BCUT2D eigenvalue weighted by atomic mass is 10.1. The third-order valence-electron chi connectivity index (χ3n) is 6.80. The van der Waals surface area contributed by atoms with Gasteiger partial charge in [0.15, 0.2) is 29.2 Å². The van der Waals surface area contributed by atoms with Crippen molar-refractivity contribution in [2.75, 3.05) is 6.61 Å². The Labute approximate surface area is 260 Å². The highest BCUT2D eigenvalue weighted by atomic mass is 35.5. The molecule has 1 aliphatic heterocycles. The third-order valence-corrected chi connectivity index (χ3v) is 7.24. The second-order valence-corrected chi connectivity index (χ2v) is 10.3. The van der Waals surface area contributed by atoms with E-state index >= 15 is 0 Å². The number of hydrogen-bond acceptors (Lipinski definition) is 10. The van der Waals surface area contributed by atoms with Crippen LogP contribution >= 0.6 is 23.2 Å². The van der Waals surface area contributed by atoms with Crippen molar-refractivity contribution >= 4 is 52.3 Å². The lowest BCUT2D eigenvalue weighted by molar-refractivity contribution is -0.0606. The number of rotatable bonds is 8. The maximum Gasteiger partial charge on any atom is 0.338 e. The summed E-state index contributed by atoms with van der Waals surface area (Å²) in [5, 5.41) is -0.157. The molecule has 13 heteroatoms. The second kappa shape index (κ2) is 12.8. The Kier molecular flexibility index (Phi) is 8.51. The fraction of sp³-hybridized carbons (Fsp3) is 0.161. The zero-order valence-electron chi connectivity index (χ0n) is 22.7. The van der Waals surface area contributed by atoms with E-state index in [-0.39, 0.29) is 39.3 Å². The number of carbonyl (C=O) groups is 3. The summed E-state index contributed by atoms with van der Waals surface area (Å²) < 4.78 is 25.2. The van der Waals surface area contributed by atoms with Gasteiger partial charge in [-0.05, 0) is 48.0 Å². The molecular weight excluding hydrogens is 611 g/mol. The second-order valence-electron chi connectivity index (χ2n) is 9.61. The molecule has 222 valence electrons. The summed E-state index contributed by atoms with van der Waals surface area (Å²) in [6.45, 7) is -0.348. The average Bonchev–Trinajstić information content (AvgIpc) is 3.62. The van der Waals surface area contributed by atoms with E-state index in [0.717, 1.165) is 0 Å². The van der Waals surface area contributed by atoms with Gasteiger partial charge >= 0.3 is 17.9 Å². The van der Waals surface area contributed by atoms with Gasteiger partial charge < -0.3 is 18.9 Å². The maximum absolute atomic E-state index is 13.4. The van der Waals surface area contributed by atoms with Crippen LogP contribution in [0.25, 0.3) is 11.2 Å². The highest BCUT2D eigenvalue weighted by molar-refractivity contribution is 6.35. The van der Waals surface area contributed by atoms with E-state index in [9.17, 15) is 14.4 Å². The minimum atomic E-state index is -1.26. The molecule has 0 amide bonds. The summed E-state index contributed by atoms with van der Waals surface area (Å²) in [6.07, 6.45) is -3.39. The minimum absolute atomic E-state index is 0.00465. The molecule has 0 spiro atoms. The third kappa shape index (κ3) is 6.11. The van der Waals surface area contributed by atoms with Crippen LogP contribution in [0.2, 0.25) is 10.4 Å². The summed E-state index contributed by atoms with van der Waals surface area (Å²) in [7, 11) is 0. The van der Waals surface area contributed by atoms with Crippen LogP contribution in [0.5, 0.6) is 0 Å². The molecule has 44 heavy (non-hydrogen) atoms. The van der Waals surface area contributed by atoms with Crippen molar-refractivity contribution in [3.63, 3.8) is 0 Å². The van der Waals surface area contributed by atoms with Crippen LogP contribution in [0.15, 0.2) is 97.3 Å². The molecule has 11 nitrogen and oxygen atoms in total.